The Morgan fingerprint density at radius 2 is 2.00 bits per heavy atom. The number of aliphatic hydroxyl groups is 1. The van der Waals surface area contributed by atoms with Crippen molar-refractivity contribution in [1.82, 2.24) is 9.97 Å². The summed E-state index contributed by atoms with van der Waals surface area (Å²) < 4.78 is 0. The molecule has 0 radical (unpaired) electrons. The lowest BCUT2D eigenvalue weighted by Crippen LogP contribution is -2.35. The number of anilines is 2. The molecular weight excluding hydrogens is 218 g/mol. The number of aromatic nitrogens is 2. The van der Waals surface area contributed by atoms with E-state index in [1.54, 1.807) is 0 Å². The molecule has 0 aromatic carbocycles. The van der Waals surface area contributed by atoms with Gasteiger partial charge in [0.1, 0.15) is 17.5 Å². The summed E-state index contributed by atoms with van der Waals surface area (Å²) in [4.78, 5) is 10.7. The molecule has 0 aliphatic rings. The molecule has 0 bridgehead atoms. The van der Waals surface area contributed by atoms with E-state index >= 15 is 0 Å². The molecule has 4 N–H and O–H groups in total. The molecule has 0 saturated carbocycles. The maximum absolute atomic E-state index is 9.11. The highest BCUT2D eigenvalue weighted by Crippen LogP contribution is 2.24. The first-order chi connectivity index (χ1) is 8.01. The van der Waals surface area contributed by atoms with Crippen LogP contribution in [0.25, 0.3) is 0 Å². The third-order valence-corrected chi connectivity index (χ3v) is 2.60. The highest BCUT2D eigenvalue weighted by molar-refractivity contribution is 5.58. The average molecular weight is 239 g/mol. The molecule has 96 valence electrons. The van der Waals surface area contributed by atoms with Crippen LogP contribution in [-0.4, -0.2) is 34.3 Å². The topological polar surface area (TPSA) is 87.3 Å². The normalized spacial score (nSPS) is 10.8. The molecule has 0 aliphatic carbocycles. The lowest BCUT2D eigenvalue weighted by Gasteiger charge is -2.29. The predicted octanol–water partition coefficient (Wildman–Crippen LogP) is 0.586. The zero-order valence-electron chi connectivity index (χ0n) is 10.9. The van der Waals surface area contributed by atoms with E-state index in [2.05, 4.69) is 29.2 Å². The second kappa shape index (κ2) is 5.79. The molecule has 0 unspecified atom stereocenters. The second-order valence-corrected chi connectivity index (χ2v) is 4.22. The van der Waals surface area contributed by atoms with Gasteiger partial charge in [0.25, 0.3) is 0 Å². The third kappa shape index (κ3) is 3.04. The van der Waals surface area contributed by atoms with Crippen LogP contribution < -0.4 is 16.2 Å². The molecular formula is C11H21N5O. The summed E-state index contributed by atoms with van der Waals surface area (Å²) in [5, 5.41) is 9.11. The molecule has 6 nitrogen and oxygen atoms in total. The van der Waals surface area contributed by atoms with Gasteiger partial charge in [-0.05, 0) is 27.7 Å². The van der Waals surface area contributed by atoms with Crippen molar-refractivity contribution in [2.75, 3.05) is 23.5 Å². The number of rotatable bonds is 5. The quantitative estimate of drug-likeness (QED) is 0.515. The summed E-state index contributed by atoms with van der Waals surface area (Å²) in [5.74, 6) is 7.52. The number of hydrogen-bond acceptors (Lipinski definition) is 6. The van der Waals surface area contributed by atoms with E-state index in [0.717, 1.165) is 11.4 Å². The van der Waals surface area contributed by atoms with Crippen molar-refractivity contribution in [2.45, 2.75) is 33.7 Å². The Kier molecular flexibility index (Phi) is 4.65. The van der Waals surface area contributed by atoms with Crippen LogP contribution in [0, 0.1) is 13.8 Å². The number of nitrogens with two attached hydrogens (primary N) is 1. The summed E-state index contributed by atoms with van der Waals surface area (Å²) in [6.45, 7) is 8.48. The smallest absolute Gasteiger partial charge is 0.148 e. The fourth-order valence-corrected chi connectivity index (χ4v) is 1.75. The Hall–Kier alpha value is -1.40. The van der Waals surface area contributed by atoms with Crippen molar-refractivity contribution in [3.8, 4) is 0 Å². The van der Waals surface area contributed by atoms with E-state index in [9.17, 15) is 0 Å². The van der Waals surface area contributed by atoms with Gasteiger partial charge in [0.15, 0.2) is 0 Å². The van der Waals surface area contributed by atoms with E-state index in [-0.39, 0.29) is 12.6 Å². The van der Waals surface area contributed by atoms with Gasteiger partial charge in [-0.15, -0.1) is 0 Å². The number of aliphatic hydroxyl groups excluding tert-OH is 1. The van der Waals surface area contributed by atoms with Gasteiger partial charge in [0.05, 0.1) is 6.61 Å². The fourth-order valence-electron chi connectivity index (χ4n) is 1.75. The summed E-state index contributed by atoms with van der Waals surface area (Å²) in [5.41, 5.74) is 3.46. The van der Waals surface area contributed by atoms with Crippen molar-refractivity contribution >= 4 is 11.6 Å². The Balaban J connectivity index is 3.22. The summed E-state index contributed by atoms with van der Waals surface area (Å²) in [6.07, 6.45) is 0. The van der Waals surface area contributed by atoms with Gasteiger partial charge in [-0.3, -0.25) is 0 Å². The minimum absolute atomic E-state index is 0.0893. The van der Waals surface area contributed by atoms with Gasteiger partial charge in [-0.25, -0.2) is 15.8 Å². The minimum Gasteiger partial charge on any atom is -0.395 e. The molecule has 1 heterocycles. The highest BCUT2D eigenvalue weighted by Gasteiger charge is 2.17. The maximum atomic E-state index is 9.11. The fraction of sp³-hybridized carbons (Fsp3) is 0.636. The Morgan fingerprint density at radius 3 is 2.47 bits per heavy atom. The number of aryl methyl sites for hydroxylation is 1. The lowest BCUT2D eigenvalue weighted by molar-refractivity contribution is 0.298. The van der Waals surface area contributed by atoms with Crippen LogP contribution >= 0.6 is 0 Å². The first-order valence-corrected chi connectivity index (χ1v) is 5.70. The minimum atomic E-state index is 0.0893. The van der Waals surface area contributed by atoms with E-state index in [1.807, 2.05) is 18.7 Å². The first-order valence-electron chi connectivity index (χ1n) is 5.70. The highest BCUT2D eigenvalue weighted by atomic mass is 16.3. The van der Waals surface area contributed by atoms with Crippen LogP contribution in [-0.2, 0) is 0 Å². The van der Waals surface area contributed by atoms with E-state index < -0.39 is 0 Å². The van der Waals surface area contributed by atoms with Crippen LogP contribution in [0.3, 0.4) is 0 Å². The number of hydrogen-bond donors (Lipinski definition) is 3. The van der Waals surface area contributed by atoms with Gasteiger partial charge in [-0.1, -0.05) is 0 Å². The summed E-state index contributed by atoms with van der Waals surface area (Å²) >= 11 is 0. The van der Waals surface area contributed by atoms with Crippen LogP contribution in [0.2, 0.25) is 0 Å². The maximum Gasteiger partial charge on any atom is 0.148 e. The zero-order chi connectivity index (χ0) is 13.0. The van der Waals surface area contributed by atoms with Crippen LogP contribution in [0.5, 0.6) is 0 Å². The van der Waals surface area contributed by atoms with Crippen molar-refractivity contribution in [3.05, 3.63) is 11.4 Å². The molecule has 0 fully saturated rings. The molecule has 1 rings (SSSR count). The molecule has 0 amide bonds. The van der Waals surface area contributed by atoms with Gasteiger partial charge >= 0.3 is 0 Å². The second-order valence-electron chi connectivity index (χ2n) is 4.22. The molecule has 0 spiro atoms. The summed E-state index contributed by atoms with van der Waals surface area (Å²) in [7, 11) is 0. The van der Waals surface area contributed by atoms with Crippen molar-refractivity contribution < 1.29 is 5.11 Å². The Bertz CT molecular complexity index is 380. The largest absolute Gasteiger partial charge is 0.395 e. The number of nitrogens with one attached hydrogen (secondary N) is 1. The lowest BCUT2D eigenvalue weighted by atomic mass is 10.2. The number of nitrogens with zero attached hydrogens (tertiary/aromatic N) is 3. The zero-order valence-corrected chi connectivity index (χ0v) is 10.9. The molecule has 0 saturated heterocycles. The molecule has 0 atom stereocenters. The van der Waals surface area contributed by atoms with Crippen LogP contribution in [0.1, 0.15) is 25.2 Å². The van der Waals surface area contributed by atoms with Gasteiger partial charge in [-0.2, -0.15) is 0 Å². The molecule has 6 heteroatoms. The number of nitrogen functional groups attached to an aromatic ring is 1. The van der Waals surface area contributed by atoms with Crippen molar-refractivity contribution in [1.29, 1.82) is 0 Å². The Labute approximate surface area is 102 Å². The average Bonchev–Trinajstić information content (AvgIpc) is 2.28. The van der Waals surface area contributed by atoms with Crippen molar-refractivity contribution in [2.24, 2.45) is 5.84 Å². The van der Waals surface area contributed by atoms with E-state index in [1.165, 1.54) is 0 Å². The van der Waals surface area contributed by atoms with Crippen LogP contribution in [0.15, 0.2) is 0 Å². The predicted molar refractivity (Wildman–Crippen MR) is 68.9 cm³/mol. The number of hydrazine groups is 1. The molecule has 17 heavy (non-hydrogen) atoms. The molecule has 0 aliphatic heterocycles. The molecule has 1 aromatic rings. The standard InChI is InChI=1S/C11H21N5O/c1-7(2)16(5-6-17)11-8(3)10(15-12)13-9(4)14-11/h7,17H,5-6,12H2,1-4H3,(H,13,14,15). The van der Waals surface area contributed by atoms with E-state index in [4.69, 9.17) is 10.9 Å². The van der Waals surface area contributed by atoms with E-state index in [0.29, 0.717) is 18.2 Å². The van der Waals surface area contributed by atoms with Crippen molar-refractivity contribution in [3.63, 3.8) is 0 Å². The van der Waals surface area contributed by atoms with Gasteiger partial charge in [0, 0.05) is 18.2 Å². The molecule has 1 aromatic heterocycles. The third-order valence-electron chi connectivity index (χ3n) is 2.60. The Morgan fingerprint density at radius 1 is 1.35 bits per heavy atom. The van der Waals surface area contributed by atoms with Gasteiger partial charge in [0.2, 0.25) is 0 Å². The first kappa shape index (κ1) is 13.7. The van der Waals surface area contributed by atoms with Crippen LogP contribution in [0.4, 0.5) is 11.6 Å². The SMILES string of the molecule is Cc1nc(NN)c(C)c(N(CCO)C(C)C)n1. The monoisotopic (exact) mass is 239 g/mol. The summed E-state index contributed by atoms with van der Waals surface area (Å²) in [6, 6.07) is 0.251. The van der Waals surface area contributed by atoms with Gasteiger partial charge < -0.3 is 15.4 Å².